The fourth-order valence-electron chi connectivity index (χ4n) is 1.51. The zero-order chi connectivity index (χ0) is 10.1. The highest BCUT2D eigenvalue weighted by Crippen LogP contribution is 2.44. The highest BCUT2D eigenvalue weighted by molar-refractivity contribution is 8.00. The Balaban J connectivity index is 2.43. The molecule has 0 aromatic heterocycles. The summed E-state index contributed by atoms with van der Waals surface area (Å²) >= 11 is 1.79. The van der Waals surface area contributed by atoms with E-state index in [1.54, 1.807) is 26.0 Å². The monoisotopic (exact) mass is 211 g/mol. The number of hydrogen-bond acceptors (Lipinski definition) is 4. The van der Waals surface area contributed by atoms with Gasteiger partial charge in [0, 0.05) is 11.0 Å². The van der Waals surface area contributed by atoms with Gasteiger partial charge in [-0.1, -0.05) is 11.8 Å². The summed E-state index contributed by atoms with van der Waals surface area (Å²) in [6, 6.07) is 3.99. The third-order valence-electron chi connectivity index (χ3n) is 2.15. The molecule has 2 rings (SSSR count). The van der Waals surface area contributed by atoms with Gasteiger partial charge in [0.2, 0.25) is 0 Å². The minimum absolute atomic E-state index is 0.418. The van der Waals surface area contributed by atoms with Crippen molar-refractivity contribution in [2.75, 3.05) is 19.5 Å². The van der Waals surface area contributed by atoms with Crippen LogP contribution in [0, 0.1) is 0 Å². The summed E-state index contributed by atoms with van der Waals surface area (Å²) in [6.07, 6.45) is 0. The van der Waals surface area contributed by atoms with Crippen LogP contribution in [0.3, 0.4) is 0 Å². The molecular weight excluding hydrogens is 198 g/mol. The SMILES string of the molecule is COc1cc2c(cc1OC)SC(C)N2. The fourth-order valence-corrected chi connectivity index (χ4v) is 2.50. The van der Waals surface area contributed by atoms with Gasteiger partial charge in [0.1, 0.15) is 0 Å². The largest absolute Gasteiger partial charge is 0.493 e. The normalized spacial score (nSPS) is 18.6. The molecule has 4 heteroatoms. The standard InChI is InChI=1S/C10H13NO2S/c1-6-11-7-4-8(12-2)9(13-3)5-10(7)14-6/h4-6,11H,1-3H3. The van der Waals surface area contributed by atoms with Gasteiger partial charge in [-0.3, -0.25) is 0 Å². The molecule has 0 fully saturated rings. The number of anilines is 1. The first-order valence-electron chi connectivity index (χ1n) is 4.44. The Bertz CT molecular complexity index is 321. The van der Waals surface area contributed by atoms with E-state index in [0.29, 0.717) is 5.37 Å². The van der Waals surface area contributed by atoms with Crippen molar-refractivity contribution in [3.63, 3.8) is 0 Å². The number of nitrogens with one attached hydrogen (secondary N) is 1. The van der Waals surface area contributed by atoms with Crippen LogP contribution in [0.2, 0.25) is 0 Å². The van der Waals surface area contributed by atoms with E-state index in [4.69, 9.17) is 9.47 Å². The second-order valence-electron chi connectivity index (χ2n) is 3.11. The maximum Gasteiger partial charge on any atom is 0.162 e. The van der Waals surface area contributed by atoms with E-state index in [1.807, 2.05) is 12.1 Å². The summed E-state index contributed by atoms with van der Waals surface area (Å²) < 4.78 is 10.5. The van der Waals surface area contributed by atoms with Crippen molar-refractivity contribution in [1.29, 1.82) is 0 Å². The summed E-state index contributed by atoms with van der Waals surface area (Å²) in [4.78, 5) is 1.22. The van der Waals surface area contributed by atoms with Crippen molar-refractivity contribution < 1.29 is 9.47 Å². The van der Waals surface area contributed by atoms with Gasteiger partial charge < -0.3 is 14.8 Å². The summed E-state index contributed by atoms with van der Waals surface area (Å²) in [5.74, 6) is 1.56. The average Bonchev–Trinajstić information content (AvgIpc) is 2.54. The molecule has 1 unspecified atom stereocenters. The van der Waals surface area contributed by atoms with Crippen LogP contribution in [0.15, 0.2) is 17.0 Å². The van der Waals surface area contributed by atoms with Crippen molar-refractivity contribution in [1.82, 2.24) is 0 Å². The molecule has 1 atom stereocenters. The van der Waals surface area contributed by atoms with E-state index < -0.39 is 0 Å². The molecule has 76 valence electrons. The Kier molecular flexibility index (Phi) is 2.46. The highest BCUT2D eigenvalue weighted by atomic mass is 32.2. The second kappa shape index (κ2) is 3.61. The third kappa shape index (κ3) is 1.50. The summed E-state index contributed by atoms with van der Waals surface area (Å²) in [6.45, 7) is 2.13. The fraction of sp³-hybridized carbons (Fsp3) is 0.400. The average molecular weight is 211 g/mol. The molecule has 0 bridgehead atoms. The molecule has 1 aliphatic heterocycles. The molecular formula is C10H13NO2S. The summed E-state index contributed by atoms with van der Waals surface area (Å²) in [5, 5.41) is 3.77. The highest BCUT2D eigenvalue weighted by Gasteiger charge is 2.20. The van der Waals surface area contributed by atoms with Crippen molar-refractivity contribution >= 4 is 17.4 Å². The Labute approximate surface area is 87.8 Å². The molecule has 0 saturated carbocycles. The van der Waals surface area contributed by atoms with Gasteiger partial charge in [0.05, 0.1) is 25.3 Å². The van der Waals surface area contributed by atoms with E-state index in [2.05, 4.69) is 12.2 Å². The van der Waals surface area contributed by atoms with E-state index in [1.165, 1.54) is 4.90 Å². The number of fused-ring (bicyclic) bond motifs is 1. The van der Waals surface area contributed by atoms with Crippen molar-refractivity contribution in [2.45, 2.75) is 17.2 Å². The van der Waals surface area contributed by atoms with Crippen molar-refractivity contribution in [3.05, 3.63) is 12.1 Å². The number of benzene rings is 1. The van der Waals surface area contributed by atoms with Crippen LogP contribution >= 0.6 is 11.8 Å². The molecule has 1 aliphatic rings. The van der Waals surface area contributed by atoms with Gasteiger partial charge in [-0.15, -0.1) is 0 Å². The van der Waals surface area contributed by atoms with Gasteiger partial charge in [0.25, 0.3) is 0 Å². The number of rotatable bonds is 2. The lowest BCUT2D eigenvalue weighted by Crippen LogP contribution is -2.02. The first-order chi connectivity index (χ1) is 6.74. The number of thioether (sulfide) groups is 1. The molecule has 0 amide bonds. The van der Waals surface area contributed by atoms with E-state index >= 15 is 0 Å². The van der Waals surface area contributed by atoms with Gasteiger partial charge in [0.15, 0.2) is 11.5 Å². The van der Waals surface area contributed by atoms with Crippen LogP contribution in [-0.2, 0) is 0 Å². The topological polar surface area (TPSA) is 30.5 Å². The maximum absolute atomic E-state index is 5.23. The third-order valence-corrected chi connectivity index (χ3v) is 3.21. The Morgan fingerprint density at radius 3 is 2.50 bits per heavy atom. The minimum Gasteiger partial charge on any atom is -0.493 e. The molecule has 1 heterocycles. The van der Waals surface area contributed by atoms with Crippen LogP contribution in [-0.4, -0.2) is 19.6 Å². The Hall–Kier alpha value is -1.03. The Morgan fingerprint density at radius 1 is 1.21 bits per heavy atom. The van der Waals surface area contributed by atoms with Crippen LogP contribution in [0.5, 0.6) is 11.5 Å². The number of methoxy groups -OCH3 is 2. The van der Waals surface area contributed by atoms with Crippen LogP contribution in [0.25, 0.3) is 0 Å². The summed E-state index contributed by atoms with van der Waals surface area (Å²) in [7, 11) is 3.30. The smallest absolute Gasteiger partial charge is 0.162 e. The number of ether oxygens (including phenoxy) is 2. The molecule has 1 aromatic carbocycles. The minimum atomic E-state index is 0.418. The zero-order valence-corrected chi connectivity index (χ0v) is 9.27. The molecule has 0 aliphatic carbocycles. The number of hydrogen-bond donors (Lipinski definition) is 1. The molecule has 0 saturated heterocycles. The van der Waals surface area contributed by atoms with Crippen LogP contribution in [0.4, 0.5) is 5.69 Å². The molecule has 0 radical (unpaired) electrons. The van der Waals surface area contributed by atoms with Gasteiger partial charge in [-0.2, -0.15) is 0 Å². The van der Waals surface area contributed by atoms with Gasteiger partial charge >= 0.3 is 0 Å². The first-order valence-corrected chi connectivity index (χ1v) is 5.31. The Morgan fingerprint density at radius 2 is 1.86 bits per heavy atom. The lowest BCUT2D eigenvalue weighted by molar-refractivity contribution is 0.354. The van der Waals surface area contributed by atoms with E-state index in [-0.39, 0.29) is 0 Å². The maximum atomic E-state index is 5.23. The lowest BCUT2D eigenvalue weighted by Gasteiger charge is -2.09. The molecule has 3 nitrogen and oxygen atoms in total. The molecule has 14 heavy (non-hydrogen) atoms. The van der Waals surface area contributed by atoms with Crippen LogP contribution < -0.4 is 14.8 Å². The first kappa shape index (κ1) is 9.52. The quantitative estimate of drug-likeness (QED) is 0.814. The molecule has 0 spiro atoms. The van der Waals surface area contributed by atoms with E-state index in [0.717, 1.165) is 17.2 Å². The van der Waals surface area contributed by atoms with Crippen molar-refractivity contribution in [2.24, 2.45) is 0 Å². The predicted octanol–water partition coefficient (Wildman–Crippen LogP) is 2.57. The molecule has 1 N–H and O–H groups in total. The van der Waals surface area contributed by atoms with Gasteiger partial charge in [-0.05, 0) is 13.0 Å². The predicted molar refractivity (Wildman–Crippen MR) is 58.5 cm³/mol. The van der Waals surface area contributed by atoms with Gasteiger partial charge in [-0.25, -0.2) is 0 Å². The zero-order valence-electron chi connectivity index (χ0n) is 8.46. The second-order valence-corrected chi connectivity index (χ2v) is 4.49. The van der Waals surface area contributed by atoms with E-state index in [9.17, 15) is 0 Å². The van der Waals surface area contributed by atoms with Crippen LogP contribution in [0.1, 0.15) is 6.92 Å². The van der Waals surface area contributed by atoms with Crippen molar-refractivity contribution in [3.8, 4) is 11.5 Å². The molecule has 1 aromatic rings. The lowest BCUT2D eigenvalue weighted by atomic mass is 10.2. The summed E-state index contributed by atoms with van der Waals surface area (Å²) in [5.41, 5.74) is 1.13.